The van der Waals surface area contributed by atoms with Crippen molar-refractivity contribution in [3.8, 4) is 0 Å². The summed E-state index contributed by atoms with van der Waals surface area (Å²) in [6.07, 6.45) is 0.0807. The number of rotatable bonds is 3. The SMILES string of the molecule is Cc1csc(C2CN(Cc3nc4ccccc4n3C)CCO2)n1. The molecule has 120 valence electrons. The van der Waals surface area contributed by atoms with E-state index >= 15 is 0 Å². The van der Waals surface area contributed by atoms with Gasteiger partial charge in [-0.05, 0) is 19.1 Å². The van der Waals surface area contributed by atoms with Gasteiger partial charge in [-0.1, -0.05) is 12.1 Å². The van der Waals surface area contributed by atoms with Crippen molar-refractivity contribution in [1.29, 1.82) is 0 Å². The lowest BCUT2D eigenvalue weighted by molar-refractivity contribution is -0.0339. The van der Waals surface area contributed by atoms with Crippen molar-refractivity contribution in [3.63, 3.8) is 0 Å². The molecule has 0 saturated carbocycles. The van der Waals surface area contributed by atoms with Crippen LogP contribution in [0.15, 0.2) is 29.6 Å². The number of aromatic nitrogens is 3. The second-order valence-electron chi connectivity index (χ2n) is 6.00. The zero-order chi connectivity index (χ0) is 15.8. The van der Waals surface area contributed by atoms with Gasteiger partial charge in [-0.3, -0.25) is 4.90 Å². The van der Waals surface area contributed by atoms with Crippen LogP contribution >= 0.6 is 11.3 Å². The summed E-state index contributed by atoms with van der Waals surface area (Å²) in [5.74, 6) is 1.10. The van der Waals surface area contributed by atoms with Crippen molar-refractivity contribution in [2.45, 2.75) is 19.6 Å². The van der Waals surface area contributed by atoms with Gasteiger partial charge in [-0.2, -0.15) is 0 Å². The zero-order valence-corrected chi connectivity index (χ0v) is 14.2. The molecular formula is C17H20N4OS. The highest BCUT2D eigenvalue weighted by Crippen LogP contribution is 2.26. The highest BCUT2D eigenvalue weighted by atomic mass is 32.1. The molecule has 23 heavy (non-hydrogen) atoms. The smallest absolute Gasteiger partial charge is 0.123 e. The lowest BCUT2D eigenvalue weighted by Crippen LogP contribution is -2.38. The first-order chi connectivity index (χ1) is 11.2. The Morgan fingerprint density at radius 1 is 1.30 bits per heavy atom. The van der Waals surface area contributed by atoms with Crippen LogP contribution in [-0.2, 0) is 18.3 Å². The zero-order valence-electron chi connectivity index (χ0n) is 13.4. The molecule has 4 rings (SSSR count). The van der Waals surface area contributed by atoms with Crippen LogP contribution in [0.2, 0.25) is 0 Å². The fourth-order valence-corrected chi connectivity index (χ4v) is 3.89. The number of morpholine rings is 1. The molecule has 0 amide bonds. The Morgan fingerprint density at radius 2 is 2.17 bits per heavy atom. The Morgan fingerprint density at radius 3 is 2.96 bits per heavy atom. The normalized spacial score (nSPS) is 19.5. The second kappa shape index (κ2) is 6.03. The molecule has 1 aliphatic rings. The summed E-state index contributed by atoms with van der Waals surface area (Å²) in [6, 6.07) is 8.28. The summed E-state index contributed by atoms with van der Waals surface area (Å²) in [5.41, 5.74) is 3.31. The number of benzene rings is 1. The minimum Gasteiger partial charge on any atom is -0.368 e. The molecule has 0 radical (unpaired) electrons. The number of nitrogens with zero attached hydrogens (tertiary/aromatic N) is 4. The van der Waals surface area contributed by atoms with E-state index in [9.17, 15) is 0 Å². The van der Waals surface area contributed by atoms with Crippen LogP contribution in [0.5, 0.6) is 0 Å². The number of fused-ring (bicyclic) bond motifs is 1. The van der Waals surface area contributed by atoms with Gasteiger partial charge in [0.05, 0.1) is 24.2 Å². The van der Waals surface area contributed by atoms with Crippen molar-refractivity contribution in [1.82, 2.24) is 19.4 Å². The van der Waals surface area contributed by atoms with E-state index < -0.39 is 0 Å². The van der Waals surface area contributed by atoms with Crippen molar-refractivity contribution in [2.75, 3.05) is 19.7 Å². The van der Waals surface area contributed by atoms with Crippen LogP contribution in [-0.4, -0.2) is 39.1 Å². The third-order valence-electron chi connectivity index (χ3n) is 4.31. The molecule has 1 aromatic carbocycles. The van der Waals surface area contributed by atoms with Crippen LogP contribution < -0.4 is 0 Å². The molecule has 0 bridgehead atoms. The van der Waals surface area contributed by atoms with Gasteiger partial charge in [0.25, 0.3) is 0 Å². The Hall–Kier alpha value is -1.76. The van der Waals surface area contributed by atoms with Gasteiger partial charge in [0, 0.05) is 31.2 Å². The van der Waals surface area contributed by atoms with Crippen molar-refractivity contribution in [3.05, 3.63) is 46.2 Å². The second-order valence-corrected chi connectivity index (χ2v) is 6.89. The van der Waals surface area contributed by atoms with E-state index in [-0.39, 0.29) is 6.10 Å². The van der Waals surface area contributed by atoms with Crippen LogP contribution in [0.1, 0.15) is 22.6 Å². The van der Waals surface area contributed by atoms with Gasteiger partial charge >= 0.3 is 0 Å². The van der Waals surface area contributed by atoms with E-state index in [1.165, 1.54) is 5.52 Å². The van der Waals surface area contributed by atoms with Crippen molar-refractivity contribution >= 4 is 22.4 Å². The summed E-state index contributed by atoms with van der Waals surface area (Å²) < 4.78 is 8.10. The maximum absolute atomic E-state index is 5.91. The van der Waals surface area contributed by atoms with Crippen LogP contribution in [0.4, 0.5) is 0 Å². The molecular weight excluding hydrogens is 308 g/mol. The van der Waals surface area contributed by atoms with Gasteiger partial charge < -0.3 is 9.30 Å². The first-order valence-corrected chi connectivity index (χ1v) is 8.75. The van der Waals surface area contributed by atoms with E-state index in [0.717, 1.165) is 48.3 Å². The molecule has 5 nitrogen and oxygen atoms in total. The molecule has 3 aromatic rings. The minimum atomic E-state index is 0.0807. The monoisotopic (exact) mass is 328 g/mol. The quantitative estimate of drug-likeness (QED) is 0.741. The Labute approximate surface area is 139 Å². The van der Waals surface area contributed by atoms with E-state index in [0.29, 0.717) is 0 Å². The summed E-state index contributed by atoms with van der Waals surface area (Å²) in [4.78, 5) is 11.8. The maximum atomic E-state index is 5.91. The average molecular weight is 328 g/mol. The van der Waals surface area contributed by atoms with Gasteiger partial charge in [-0.25, -0.2) is 9.97 Å². The third kappa shape index (κ3) is 2.89. The van der Waals surface area contributed by atoms with Crippen LogP contribution in [0, 0.1) is 6.92 Å². The largest absolute Gasteiger partial charge is 0.368 e. The fourth-order valence-electron chi connectivity index (χ4n) is 3.05. The Kier molecular flexibility index (Phi) is 3.88. The van der Waals surface area contributed by atoms with Gasteiger partial charge in [-0.15, -0.1) is 11.3 Å². The molecule has 1 fully saturated rings. The van der Waals surface area contributed by atoms with Crippen LogP contribution in [0.3, 0.4) is 0 Å². The molecule has 3 heterocycles. The van der Waals surface area contributed by atoms with Crippen LogP contribution in [0.25, 0.3) is 11.0 Å². The molecule has 1 aliphatic heterocycles. The summed E-state index contributed by atoms with van der Waals surface area (Å²) in [5, 5.41) is 3.17. The van der Waals surface area contributed by atoms with E-state index in [1.54, 1.807) is 11.3 Å². The molecule has 1 saturated heterocycles. The van der Waals surface area contributed by atoms with Gasteiger partial charge in [0.2, 0.25) is 0 Å². The Balaban J connectivity index is 1.52. The van der Waals surface area contributed by atoms with E-state index in [2.05, 4.69) is 45.1 Å². The van der Waals surface area contributed by atoms with Gasteiger partial charge in [0.15, 0.2) is 0 Å². The lowest BCUT2D eigenvalue weighted by Gasteiger charge is -2.31. The van der Waals surface area contributed by atoms with E-state index in [4.69, 9.17) is 9.72 Å². The predicted molar refractivity (Wildman–Crippen MR) is 91.5 cm³/mol. The molecule has 2 aromatic heterocycles. The number of hydrogen-bond donors (Lipinski definition) is 0. The molecule has 0 aliphatic carbocycles. The summed E-state index contributed by atoms with van der Waals surface area (Å²) in [6.45, 7) is 5.42. The average Bonchev–Trinajstić information content (AvgIpc) is 3.13. The van der Waals surface area contributed by atoms with Crippen molar-refractivity contribution in [2.24, 2.45) is 7.05 Å². The standard InChI is InChI=1S/C17H20N4OS/c1-12-11-23-17(18-12)15-9-21(7-8-22-15)10-16-19-13-5-3-4-6-14(13)20(16)2/h3-6,11,15H,7-10H2,1-2H3. The Bertz CT molecular complexity index is 825. The van der Waals surface area contributed by atoms with E-state index in [1.807, 2.05) is 13.0 Å². The third-order valence-corrected chi connectivity index (χ3v) is 5.36. The van der Waals surface area contributed by atoms with Crippen molar-refractivity contribution < 1.29 is 4.74 Å². The first kappa shape index (κ1) is 14.8. The predicted octanol–water partition coefficient (Wildman–Crippen LogP) is 2.91. The number of ether oxygens (including phenoxy) is 1. The topological polar surface area (TPSA) is 43.2 Å². The fraction of sp³-hybridized carbons (Fsp3) is 0.412. The highest BCUT2D eigenvalue weighted by molar-refractivity contribution is 7.09. The lowest BCUT2D eigenvalue weighted by atomic mass is 10.2. The molecule has 1 atom stereocenters. The number of para-hydroxylation sites is 2. The molecule has 1 unspecified atom stereocenters. The maximum Gasteiger partial charge on any atom is 0.123 e. The molecule has 6 heteroatoms. The number of imidazole rings is 1. The van der Waals surface area contributed by atoms with Gasteiger partial charge in [0.1, 0.15) is 16.9 Å². The number of thiazole rings is 1. The highest BCUT2D eigenvalue weighted by Gasteiger charge is 2.25. The minimum absolute atomic E-state index is 0.0807. The number of hydrogen-bond acceptors (Lipinski definition) is 5. The first-order valence-electron chi connectivity index (χ1n) is 7.87. The number of aryl methyl sites for hydroxylation is 2. The molecule has 0 N–H and O–H groups in total. The summed E-state index contributed by atoms with van der Waals surface area (Å²) in [7, 11) is 2.09. The summed E-state index contributed by atoms with van der Waals surface area (Å²) >= 11 is 1.69. The molecule has 0 spiro atoms.